The first-order valence-electron chi connectivity index (χ1n) is 8.81. The lowest BCUT2D eigenvalue weighted by atomic mass is 9.99. The van der Waals surface area contributed by atoms with Crippen molar-refractivity contribution in [1.82, 2.24) is 9.80 Å². The molecule has 1 atom stereocenters. The fourth-order valence-corrected chi connectivity index (χ4v) is 3.32. The van der Waals surface area contributed by atoms with E-state index in [9.17, 15) is 5.11 Å². The summed E-state index contributed by atoms with van der Waals surface area (Å²) in [5.41, 5.74) is 1.07. The van der Waals surface area contributed by atoms with E-state index in [1.54, 1.807) is 14.2 Å². The molecule has 1 saturated heterocycles. The van der Waals surface area contributed by atoms with Crippen LogP contribution >= 0.6 is 0 Å². The lowest BCUT2D eigenvalue weighted by molar-refractivity contribution is 0.0660. The molecule has 1 aromatic carbocycles. The van der Waals surface area contributed by atoms with Gasteiger partial charge in [-0.2, -0.15) is 0 Å². The summed E-state index contributed by atoms with van der Waals surface area (Å²) in [5.74, 6) is 2.49. The Kier molecular flexibility index (Phi) is 7.34. The molecule has 1 aliphatic heterocycles. The molecule has 1 unspecified atom stereocenters. The second kappa shape index (κ2) is 9.25. The van der Waals surface area contributed by atoms with Gasteiger partial charge in [0.25, 0.3) is 0 Å². The Bertz CT molecular complexity index is 501. The Morgan fingerprint density at radius 1 is 1.25 bits per heavy atom. The molecule has 136 valence electrons. The van der Waals surface area contributed by atoms with Gasteiger partial charge in [0.1, 0.15) is 11.5 Å². The number of hydrogen-bond donors (Lipinski definition) is 1. The van der Waals surface area contributed by atoms with Crippen molar-refractivity contribution in [2.45, 2.75) is 32.4 Å². The summed E-state index contributed by atoms with van der Waals surface area (Å²) in [4.78, 5) is 4.51. The van der Waals surface area contributed by atoms with Crippen LogP contribution in [0.4, 0.5) is 0 Å². The summed E-state index contributed by atoms with van der Waals surface area (Å²) in [6.07, 6.45) is 2.15. The molecule has 0 aromatic heterocycles. The third kappa shape index (κ3) is 5.65. The lowest BCUT2D eigenvalue weighted by Crippen LogP contribution is -2.42. The second-order valence-corrected chi connectivity index (χ2v) is 7.01. The van der Waals surface area contributed by atoms with Crippen LogP contribution in [0.5, 0.6) is 11.5 Å². The number of nitrogens with zero attached hydrogens (tertiary/aromatic N) is 2. The van der Waals surface area contributed by atoms with Crippen molar-refractivity contribution in [1.29, 1.82) is 0 Å². The average molecular weight is 336 g/mol. The van der Waals surface area contributed by atoms with Gasteiger partial charge in [-0.15, -0.1) is 0 Å². The fourth-order valence-electron chi connectivity index (χ4n) is 3.32. The molecule has 0 bridgehead atoms. The average Bonchev–Trinajstić information content (AvgIpc) is 2.56. The topological polar surface area (TPSA) is 45.2 Å². The Labute approximate surface area is 146 Å². The van der Waals surface area contributed by atoms with Crippen LogP contribution in [-0.2, 0) is 6.54 Å². The number of rotatable bonds is 8. The van der Waals surface area contributed by atoms with E-state index < -0.39 is 0 Å². The van der Waals surface area contributed by atoms with Crippen molar-refractivity contribution in [3.05, 3.63) is 23.8 Å². The minimum absolute atomic E-state index is 0.333. The van der Waals surface area contributed by atoms with Gasteiger partial charge in [0.2, 0.25) is 0 Å². The highest BCUT2D eigenvalue weighted by molar-refractivity contribution is 5.40. The zero-order chi connectivity index (χ0) is 17.5. The molecule has 1 heterocycles. The molecule has 0 amide bonds. The summed E-state index contributed by atoms with van der Waals surface area (Å²) in [7, 11) is 5.37. The minimum atomic E-state index is -0.333. The van der Waals surface area contributed by atoms with E-state index in [0.29, 0.717) is 13.1 Å². The first-order valence-corrected chi connectivity index (χ1v) is 8.81. The highest BCUT2D eigenvalue weighted by Gasteiger charge is 2.19. The van der Waals surface area contributed by atoms with Crippen LogP contribution < -0.4 is 9.47 Å². The first kappa shape index (κ1) is 19.0. The zero-order valence-corrected chi connectivity index (χ0v) is 15.5. The van der Waals surface area contributed by atoms with Gasteiger partial charge in [0.05, 0.1) is 20.3 Å². The van der Waals surface area contributed by atoms with E-state index >= 15 is 0 Å². The number of β-amino-alcohol motifs (C(OH)–C–C–N with tert-alkyl or cyclic N) is 1. The van der Waals surface area contributed by atoms with Crippen molar-refractivity contribution < 1.29 is 14.6 Å². The first-order chi connectivity index (χ1) is 11.5. The zero-order valence-electron chi connectivity index (χ0n) is 15.5. The fraction of sp³-hybridized carbons (Fsp3) is 0.684. The van der Waals surface area contributed by atoms with E-state index in [1.165, 1.54) is 12.8 Å². The van der Waals surface area contributed by atoms with Crippen molar-refractivity contribution >= 4 is 0 Å². The van der Waals surface area contributed by atoms with Crippen molar-refractivity contribution in [3.8, 4) is 11.5 Å². The summed E-state index contributed by atoms with van der Waals surface area (Å²) in [5, 5.41) is 10.4. The summed E-state index contributed by atoms with van der Waals surface area (Å²) in [6, 6.07) is 5.82. The maximum absolute atomic E-state index is 10.4. The normalized spacial score (nSPS) is 17.9. The number of methoxy groups -OCH3 is 2. The van der Waals surface area contributed by atoms with Gasteiger partial charge in [0.15, 0.2) is 0 Å². The van der Waals surface area contributed by atoms with Gasteiger partial charge < -0.3 is 19.5 Å². The maximum Gasteiger partial charge on any atom is 0.123 e. The monoisotopic (exact) mass is 336 g/mol. The van der Waals surface area contributed by atoms with Crippen LogP contribution in [0, 0.1) is 5.92 Å². The van der Waals surface area contributed by atoms with E-state index in [1.807, 2.05) is 25.2 Å². The van der Waals surface area contributed by atoms with E-state index in [2.05, 4.69) is 16.7 Å². The Balaban J connectivity index is 1.84. The molecule has 5 nitrogen and oxygen atoms in total. The third-order valence-corrected chi connectivity index (χ3v) is 4.80. The number of ether oxygens (including phenoxy) is 2. The number of aliphatic hydroxyl groups is 1. The second-order valence-electron chi connectivity index (χ2n) is 7.01. The summed E-state index contributed by atoms with van der Waals surface area (Å²) < 4.78 is 10.7. The number of aliphatic hydroxyl groups excluding tert-OH is 1. The molecule has 0 spiro atoms. The highest BCUT2D eigenvalue weighted by Crippen LogP contribution is 2.25. The number of piperidine rings is 1. The number of likely N-dealkylation sites (tertiary alicyclic amines) is 1. The van der Waals surface area contributed by atoms with Gasteiger partial charge in [-0.1, -0.05) is 6.92 Å². The number of likely N-dealkylation sites (N-methyl/N-ethyl adjacent to an activating group) is 1. The Hall–Kier alpha value is -1.30. The quantitative estimate of drug-likeness (QED) is 0.789. The van der Waals surface area contributed by atoms with Gasteiger partial charge in [0, 0.05) is 25.2 Å². The number of hydrogen-bond acceptors (Lipinski definition) is 5. The van der Waals surface area contributed by atoms with Crippen LogP contribution in [0.3, 0.4) is 0 Å². The third-order valence-electron chi connectivity index (χ3n) is 4.80. The molecule has 1 aromatic rings. The van der Waals surface area contributed by atoms with Crippen LogP contribution in [0.25, 0.3) is 0 Å². The maximum atomic E-state index is 10.4. The van der Waals surface area contributed by atoms with E-state index in [0.717, 1.165) is 42.6 Å². The Morgan fingerprint density at radius 3 is 2.58 bits per heavy atom. The molecule has 2 rings (SSSR count). The lowest BCUT2D eigenvalue weighted by Gasteiger charge is -2.32. The Morgan fingerprint density at radius 2 is 1.96 bits per heavy atom. The van der Waals surface area contributed by atoms with Crippen molar-refractivity contribution in [3.63, 3.8) is 0 Å². The molecule has 1 aliphatic rings. The molecule has 5 heteroatoms. The smallest absolute Gasteiger partial charge is 0.123 e. The standard InChI is InChI=1S/C19H32N2O3/c1-15-7-9-21(10-8-15)14-17(22)13-20(2)12-16-11-18(23-3)5-6-19(16)24-4/h5-6,11,15,17,22H,7-10,12-14H2,1-4H3. The van der Waals surface area contributed by atoms with Crippen LogP contribution in [0.2, 0.25) is 0 Å². The number of benzene rings is 1. The molecule has 0 radical (unpaired) electrons. The van der Waals surface area contributed by atoms with Crippen molar-refractivity contribution in [2.75, 3.05) is 47.4 Å². The molecule has 0 saturated carbocycles. The predicted molar refractivity (Wildman–Crippen MR) is 96.7 cm³/mol. The van der Waals surface area contributed by atoms with E-state index in [-0.39, 0.29) is 6.10 Å². The largest absolute Gasteiger partial charge is 0.497 e. The van der Waals surface area contributed by atoms with Crippen LogP contribution in [-0.4, -0.2) is 68.5 Å². The van der Waals surface area contributed by atoms with Gasteiger partial charge in [-0.3, -0.25) is 4.90 Å². The van der Waals surface area contributed by atoms with E-state index in [4.69, 9.17) is 9.47 Å². The molecule has 1 fully saturated rings. The van der Waals surface area contributed by atoms with Gasteiger partial charge in [-0.05, 0) is 57.1 Å². The van der Waals surface area contributed by atoms with Crippen LogP contribution in [0.1, 0.15) is 25.3 Å². The molecule has 24 heavy (non-hydrogen) atoms. The molecular formula is C19H32N2O3. The van der Waals surface area contributed by atoms with Gasteiger partial charge >= 0.3 is 0 Å². The van der Waals surface area contributed by atoms with Gasteiger partial charge in [-0.25, -0.2) is 0 Å². The van der Waals surface area contributed by atoms with Crippen molar-refractivity contribution in [2.24, 2.45) is 5.92 Å². The molecule has 0 aliphatic carbocycles. The van der Waals surface area contributed by atoms with Crippen LogP contribution in [0.15, 0.2) is 18.2 Å². The molecule has 1 N–H and O–H groups in total. The minimum Gasteiger partial charge on any atom is -0.497 e. The summed E-state index contributed by atoms with van der Waals surface area (Å²) in [6.45, 7) is 6.63. The predicted octanol–water partition coefficient (Wildman–Crippen LogP) is 2.23. The highest BCUT2D eigenvalue weighted by atomic mass is 16.5. The SMILES string of the molecule is COc1ccc(OC)c(CN(C)CC(O)CN2CCC(C)CC2)c1. The molecular weight excluding hydrogens is 304 g/mol. The summed E-state index contributed by atoms with van der Waals surface area (Å²) >= 11 is 0.